The minimum atomic E-state index is -0.185. The van der Waals surface area contributed by atoms with Gasteiger partial charge in [0.25, 0.3) is 5.91 Å². The molecule has 128 valence electrons. The molecule has 3 aromatic rings. The molecule has 0 aliphatic rings. The Kier molecular flexibility index (Phi) is 4.93. The van der Waals surface area contributed by atoms with E-state index in [4.69, 9.17) is 21.1 Å². The van der Waals surface area contributed by atoms with Crippen LogP contribution >= 0.6 is 11.6 Å². The molecule has 4 nitrogen and oxygen atoms in total. The van der Waals surface area contributed by atoms with Crippen molar-refractivity contribution >= 4 is 23.2 Å². The summed E-state index contributed by atoms with van der Waals surface area (Å²) in [5.74, 6) is 0.808. The van der Waals surface area contributed by atoms with Gasteiger partial charge in [-0.3, -0.25) is 4.79 Å². The highest BCUT2D eigenvalue weighted by molar-refractivity contribution is 6.33. The Morgan fingerprint density at radius 2 is 1.80 bits per heavy atom. The van der Waals surface area contributed by atoms with Crippen molar-refractivity contribution in [2.45, 2.75) is 20.5 Å². The Hall–Kier alpha value is -2.56. The van der Waals surface area contributed by atoms with Gasteiger partial charge in [0, 0.05) is 16.8 Å². The molecule has 0 radical (unpaired) electrons. The van der Waals surface area contributed by atoms with Crippen LogP contribution < -0.4 is 5.32 Å². The second kappa shape index (κ2) is 7.13. The largest absolute Gasteiger partial charge is 0.459 e. The summed E-state index contributed by atoms with van der Waals surface area (Å²) in [6.07, 6.45) is 0. The molecule has 0 aliphatic heterocycles. The van der Waals surface area contributed by atoms with Crippen molar-refractivity contribution in [2.24, 2.45) is 0 Å². The van der Waals surface area contributed by atoms with Gasteiger partial charge in [0.1, 0.15) is 18.1 Å². The molecule has 5 heteroatoms. The summed E-state index contributed by atoms with van der Waals surface area (Å²) < 4.78 is 5.53. The number of carbonyl (C=O) groups is 1. The van der Waals surface area contributed by atoms with Crippen LogP contribution in [0, 0.1) is 13.8 Å². The summed E-state index contributed by atoms with van der Waals surface area (Å²) in [7, 11) is 0. The predicted molar refractivity (Wildman–Crippen MR) is 98.9 cm³/mol. The van der Waals surface area contributed by atoms with Crippen molar-refractivity contribution in [3.05, 3.63) is 76.0 Å². The smallest absolute Gasteiger partial charge is 0.255 e. The number of rotatable bonds is 4. The number of furan rings is 1. The molecular formula is C20H18ClNO3. The van der Waals surface area contributed by atoms with E-state index in [1.807, 2.05) is 32.0 Å². The molecular weight excluding hydrogens is 338 g/mol. The Morgan fingerprint density at radius 1 is 1.08 bits per heavy atom. The molecule has 0 saturated heterocycles. The van der Waals surface area contributed by atoms with Gasteiger partial charge in [0.2, 0.25) is 0 Å². The summed E-state index contributed by atoms with van der Waals surface area (Å²) in [5.41, 5.74) is 3.95. The van der Waals surface area contributed by atoms with E-state index in [1.54, 1.807) is 30.3 Å². The number of hydrogen-bond donors (Lipinski definition) is 2. The van der Waals surface area contributed by atoms with Crippen LogP contribution in [0.2, 0.25) is 5.02 Å². The maximum Gasteiger partial charge on any atom is 0.255 e. The zero-order valence-electron chi connectivity index (χ0n) is 14.0. The van der Waals surface area contributed by atoms with Crippen molar-refractivity contribution in [2.75, 3.05) is 5.32 Å². The third-order valence-corrected chi connectivity index (χ3v) is 4.12. The first-order valence-corrected chi connectivity index (χ1v) is 8.23. The topological polar surface area (TPSA) is 62.5 Å². The van der Waals surface area contributed by atoms with Crippen LogP contribution in [0.25, 0.3) is 11.3 Å². The van der Waals surface area contributed by atoms with Crippen LogP contribution in [0.3, 0.4) is 0 Å². The molecule has 2 aromatic carbocycles. The van der Waals surface area contributed by atoms with Crippen molar-refractivity contribution < 1.29 is 14.3 Å². The van der Waals surface area contributed by atoms with Crippen LogP contribution in [0.15, 0.2) is 52.9 Å². The highest BCUT2D eigenvalue weighted by Crippen LogP contribution is 2.32. The zero-order valence-corrected chi connectivity index (χ0v) is 14.7. The van der Waals surface area contributed by atoms with Gasteiger partial charge in [-0.1, -0.05) is 28.8 Å². The maximum absolute atomic E-state index is 12.5. The summed E-state index contributed by atoms with van der Waals surface area (Å²) in [5, 5.41) is 12.5. The molecule has 0 atom stereocenters. The number of aliphatic hydroxyl groups is 1. The van der Waals surface area contributed by atoms with E-state index in [2.05, 4.69) is 5.32 Å². The van der Waals surface area contributed by atoms with Gasteiger partial charge in [0.15, 0.2) is 0 Å². The fourth-order valence-electron chi connectivity index (χ4n) is 2.71. The SMILES string of the molecule is Cc1cc(C)cc(C(=O)Nc2ccc(Cl)c(-c3ccc(CO)o3)c2)c1. The number of benzene rings is 2. The minimum absolute atomic E-state index is 0.180. The standard InChI is InChI=1S/C20H18ClNO3/c1-12-7-13(2)9-14(8-12)20(24)22-15-3-5-18(21)17(10-15)19-6-4-16(11-23)25-19/h3-10,23H,11H2,1-2H3,(H,22,24). The maximum atomic E-state index is 12.5. The molecule has 1 heterocycles. The number of aryl methyl sites for hydroxylation is 2. The van der Waals surface area contributed by atoms with E-state index >= 15 is 0 Å². The minimum Gasteiger partial charge on any atom is -0.459 e. The predicted octanol–water partition coefficient (Wildman–Crippen LogP) is 4.96. The molecule has 1 amide bonds. The first kappa shape index (κ1) is 17.3. The van der Waals surface area contributed by atoms with E-state index < -0.39 is 0 Å². The summed E-state index contributed by atoms with van der Waals surface area (Å²) in [6, 6.07) is 14.3. The molecule has 2 N–H and O–H groups in total. The molecule has 0 unspecified atom stereocenters. The van der Waals surface area contributed by atoms with Crippen LogP contribution in [0.4, 0.5) is 5.69 Å². The van der Waals surface area contributed by atoms with E-state index in [9.17, 15) is 4.79 Å². The number of amides is 1. The average Bonchev–Trinajstić information content (AvgIpc) is 3.04. The Morgan fingerprint density at radius 3 is 2.44 bits per heavy atom. The molecule has 0 aliphatic carbocycles. The van der Waals surface area contributed by atoms with E-state index in [0.717, 1.165) is 11.1 Å². The third-order valence-electron chi connectivity index (χ3n) is 3.79. The number of nitrogens with one attached hydrogen (secondary N) is 1. The first-order valence-electron chi connectivity index (χ1n) is 7.85. The van der Waals surface area contributed by atoms with Gasteiger partial charge >= 0.3 is 0 Å². The van der Waals surface area contributed by atoms with Crippen LogP contribution in [-0.2, 0) is 6.61 Å². The second-order valence-electron chi connectivity index (χ2n) is 5.95. The average molecular weight is 356 g/mol. The monoisotopic (exact) mass is 355 g/mol. The van der Waals surface area contributed by atoms with Crippen molar-refractivity contribution in [3.8, 4) is 11.3 Å². The molecule has 0 saturated carbocycles. The first-order chi connectivity index (χ1) is 12.0. The van der Waals surface area contributed by atoms with Crippen molar-refractivity contribution in [3.63, 3.8) is 0 Å². The normalized spacial score (nSPS) is 10.7. The summed E-state index contributed by atoms with van der Waals surface area (Å²) in [4.78, 5) is 12.5. The highest BCUT2D eigenvalue weighted by Gasteiger charge is 2.12. The van der Waals surface area contributed by atoms with Gasteiger partial charge in [-0.05, 0) is 56.3 Å². The summed E-state index contributed by atoms with van der Waals surface area (Å²) >= 11 is 6.24. The highest BCUT2D eigenvalue weighted by atomic mass is 35.5. The lowest BCUT2D eigenvalue weighted by atomic mass is 10.1. The Labute approximate surface area is 151 Å². The lowest BCUT2D eigenvalue weighted by Gasteiger charge is -2.09. The Balaban J connectivity index is 1.88. The number of carbonyl (C=O) groups excluding carboxylic acids is 1. The number of halogens is 1. The molecule has 1 aromatic heterocycles. The van der Waals surface area contributed by atoms with Crippen LogP contribution in [0.5, 0.6) is 0 Å². The van der Waals surface area contributed by atoms with Crippen molar-refractivity contribution in [1.29, 1.82) is 0 Å². The Bertz CT molecular complexity index is 910. The number of aliphatic hydroxyl groups excluding tert-OH is 1. The number of anilines is 1. The molecule has 3 rings (SSSR count). The zero-order chi connectivity index (χ0) is 18.0. The second-order valence-corrected chi connectivity index (χ2v) is 6.36. The lowest BCUT2D eigenvalue weighted by Crippen LogP contribution is -2.12. The summed E-state index contributed by atoms with van der Waals surface area (Å²) in [6.45, 7) is 3.74. The van der Waals surface area contributed by atoms with E-state index in [0.29, 0.717) is 33.4 Å². The van der Waals surface area contributed by atoms with Gasteiger partial charge in [-0.25, -0.2) is 0 Å². The fraction of sp³-hybridized carbons (Fsp3) is 0.150. The third kappa shape index (κ3) is 3.92. The molecule has 0 bridgehead atoms. The molecule has 25 heavy (non-hydrogen) atoms. The molecule has 0 spiro atoms. The fourth-order valence-corrected chi connectivity index (χ4v) is 2.92. The van der Waals surface area contributed by atoms with E-state index in [-0.39, 0.29) is 12.5 Å². The van der Waals surface area contributed by atoms with Crippen LogP contribution in [0.1, 0.15) is 27.2 Å². The van der Waals surface area contributed by atoms with Gasteiger partial charge < -0.3 is 14.8 Å². The van der Waals surface area contributed by atoms with Crippen LogP contribution in [-0.4, -0.2) is 11.0 Å². The van der Waals surface area contributed by atoms with Gasteiger partial charge in [-0.15, -0.1) is 0 Å². The van der Waals surface area contributed by atoms with Gasteiger partial charge in [-0.2, -0.15) is 0 Å². The van der Waals surface area contributed by atoms with Gasteiger partial charge in [0.05, 0.1) is 5.02 Å². The number of hydrogen-bond acceptors (Lipinski definition) is 3. The quantitative estimate of drug-likeness (QED) is 0.695. The van der Waals surface area contributed by atoms with Crippen molar-refractivity contribution in [1.82, 2.24) is 0 Å². The molecule has 0 fully saturated rings. The van der Waals surface area contributed by atoms with E-state index in [1.165, 1.54) is 0 Å². The lowest BCUT2D eigenvalue weighted by molar-refractivity contribution is 0.102.